The van der Waals surface area contributed by atoms with Crippen molar-refractivity contribution in [2.75, 3.05) is 6.54 Å². The van der Waals surface area contributed by atoms with E-state index < -0.39 is 0 Å². The first-order valence-electron chi connectivity index (χ1n) is 5.49. The van der Waals surface area contributed by atoms with Crippen LogP contribution in [0.25, 0.3) is 0 Å². The normalized spacial score (nSPS) is 25.6. The van der Waals surface area contributed by atoms with Crippen LogP contribution in [0.4, 0.5) is 0 Å². The highest BCUT2D eigenvalue weighted by molar-refractivity contribution is 5.25. The van der Waals surface area contributed by atoms with Gasteiger partial charge in [-0.25, -0.2) is 0 Å². The van der Waals surface area contributed by atoms with Gasteiger partial charge in [-0.2, -0.15) is 5.26 Å². The van der Waals surface area contributed by atoms with Gasteiger partial charge in [0, 0.05) is 12.6 Å². The van der Waals surface area contributed by atoms with Gasteiger partial charge in [0.1, 0.15) is 0 Å². The number of hydrogen-bond donors (Lipinski definition) is 1. The minimum absolute atomic E-state index is 0.0148. The van der Waals surface area contributed by atoms with Crippen LogP contribution in [0.2, 0.25) is 0 Å². The van der Waals surface area contributed by atoms with Crippen molar-refractivity contribution in [3.63, 3.8) is 0 Å². The molecule has 3 unspecified atom stereocenters. The first-order chi connectivity index (χ1) is 7.31. The molecule has 15 heavy (non-hydrogen) atoms. The van der Waals surface area contributed by atoms with Crippen molar-refractivity contribution in [1.82, 2.24) is 5.32 Å². The fraction of sp³-hybridized carbons (Fsp3) is 0.462. The second-order valence-corrected chi connectivity index (χ2v) is 4.32. The molecule has 2 heteroatoms. The lowest BCUT2D eigenvalue weighted by Crippen LogP contribution is -2.23. The largest absolute Gasteiger partial charge is 0.312 e. The topological polar surface area (TPSA) is 35.8 Å². The van der Waals surface area contributed by atoms with E-state index >= 15 is 0 Å². The predicted octanol–water partition coefficient (Wildman–Crippen LogP) is 2.29. The van der Waals surface area contributed by atoms with Gasteiger partial charge in [-0.15, -0.1) is 0 Å². The quantitative estimate of drug-likeness (QED) is 0.809. The first-order valence-corrected chi connectivity index (χ1v) is 5.49. The summed E-state index contributed by atoms with van der Waals surface area (Å²) in [7, 11) is 0. The number of hydrogen-bond acceptors (Lipinski definition) is 2. The zero-order valence-corrected chi connectivity index (χ0v) is 8.98. The summed E-state index contributed by atoms with van der Waals surface area (Å²) >= 11 is 0. The molecule has 3 atom stereocenters. The Balaban J connectivity index is 1.91. The molecule has 1 fully saturated rings. The van der Waals surface area contributed by atoms with E-state index in [1.165, 1.54) is 6.42 Å². The molecule has 2 rings (SSSR count). The van der Waals surface area contributed by atoms with Gasteiger partial charge in [0.15, 0.2) is 0 Å². The predicted molar refractivity (Wildman–Crippen MR) is 60.4 cm³/mol. The van der Waals surface area contributed by atoms with Crippen LogP contribution < -0.4 is 5.32 Å². The SMILES string of the molecule is CC1CC1NCC(C#N)c1ccccc1. The molecule has 0 amide bonds. The Morgan fingerprint density at radius 1 is 1.47 bits per heavy atom. The molecular formula is C13H16N2. The highest BCUT2D eigenvalue weighted by atomic mass is 15.0. The summed E-state index contributed by atoms with van der Waals surface area (Å²) in [5.74, 6) is 0.777. The van der Waals surface area contributed by atoms with E-state index in [1.807, 2.05) is 30.3 Å². The highest BCUT2D eigenvalue weighted by Gasteiger charge is 2.32. The van der Waals surface area contributed by atoms with Gasteiger partial charge in [-0.05, 0) is 17.9 Å². The van der Waals surface area contributed by atoms with Crippen LogP contribution in [0.15, 0.2) is 30.3 Å². The van der Waals surface area contributed by atoms with E-state index in [0.717, 1.165) is 18.0 Å². The molecule has 0 aromatic heterocycles. The Bertz CT molecular complexity index is 353. The van der Waals surface area contributed by atoms with Crippen molar-refractivity contribution in [3.05, 3.63) is 35.9 Å². The Kier molecular flexibility index (Phi) is 3.03. The summed E-state index contributed by atoms with van der Waals surface area (Å²) in [6.45, 7) is 3.01. The number of nitrogens with one attached hydrogen (secondary N) is 1. The fourth-order valence-corrected chi connectivity index (χ4v) is 1.80. The summed E-state index contributed by atoms with van der Waals surface area (Å²) < 4.78 is 0. The zero-order valence-electron chi connectivity index (χ0n) is 8.98. The summed E-state index contributed by atoms with van der Waals surface area (Å²) in [5, 5.41) is 12.5. The molecule has 1 aliphatic carbocycles. The molecule has 0 saturated heterocycles. The third-order valence-electron chi connectivity index (χ3n) is 3.05. The van der Waals surface area contributed by atoms with E-state index in [-0.39, 0.29) is 5.92 Å². The molecule has 0 spiro atoms. The third kappa shape index (κ3) is 2.57. The molecule has 0 heterocycles. The van der Waals surface area contributed by atoms with E-state index in [9.17, 15) is 0 Å². The average molecular weight is 200 g/mol. The molecule has 0 radical (unpaired) electrons. The molecule has 1 aromatic carbocycles. The number of rotatable bonds is 4. The monoisotopic (exact) mass is 200 g/mol. The van der Waals surface area contributed by atoms with Crippen LogP contribution >= 0.6 is 0 Å². The van der Waals surface area contributed by atoms with E-state index in [0.29, 0.717) is 6.04 Å². The second-order valence-electron chi connectivity index (χ2n) is 4.32. The van der Waals surface area contributed by atoms with Gasteiger partial charge in [0.05, 0.1) is 12.0 Å². The van der Waals surface area contributed by atoms with Gasteiger partial charge in [-0.1, -0.05) is 37.3 Å². The molecular weight excluding hydrogens is 184 g/mol. The summed E-state index contributed by atoms with van der Waals surface area (Å²) in [6, 6.07) is 13.0. The number of nitriles is 1. The maximum absolute atomic E-state index is 9.09. The smallest absolute Gasteiger partial charge is 0.0837 e. The van der Waals surface area contributed by atoms with E-state index in [4.69, 9.17) is 5.26 Å². The minimum atomic E-state index is -0.0148. The Labute approximate surface area is 90.9 Å². The lowest BCUT2D eigenvalue weighted by molar-refractivity contribution is 0.623. The van der Waals surface area contributed by atoms with Crippen molar-refractivity contribution in [2.24, 2.45) is 5.92 Å². The number of nitrogens with zero attached hydrogens (tertiary/aromatic N) is 1. The minimum Gasteiger partial charge on any atom is -0.312 e. The fourth-order valence-electron chi connectivity index (χ4n) is 1.80. The maximum Gasteiger partial charge on any atom is 0.0837 e. The standard InChI is InChI=1S/C13H16N2/c1-10-7-13(10)15-9-12(8-14)11-5-3-2-4-6-11/h2-6,10,12-13,15H,7,9H2,1H3. The summed E-state index contributed by atoms with van der Waals surface area (Å²) in [5.41, 5.74) is 1.11. The van der Waals surface area contributed by atoms with Gasteiger partial charge in [-0.3, -0.25) is 0 Å². The lowest BCUT2D eigenvalue weighted by Gasteiger charge is -2.10. The zero-order chi connectivity index (χ0) is 10.7. The summed E-state index contributed by atoms with van der Waals surface area (Å²) in [4.78, 5) is 0. The lowest BCUT2D eigenvalue weighted by atomic mass is 10.0. The van der Waals surface area contributed by atoms with Crippen molar-refractivity contribution < 1.29 is 0 Å². The number of benzene rings is 1. The van der Waals surface area contributed by atoms with Crippen LogP contribution in [0.1, 0.15) is 24.8 Å². The molecule has 2 nitrogen and oxygen atoms in total. The molecule has 1 N–H and O–H groups in total. The van der Waals surface area contributed by atoms with Crippen molar-refractivity contribution >= 4 is 0 Å². The van der Waals surface area contributed by atoms with Crippen LogP contribution in [-0.4, -0.2) is 12.6 Å². The molecule has 1 saturated carbocycles. The molecule has 0 bridgehead atoms. The van der Waals surface area contributed by atoms with Crippen LogP contribution in [0.5, 0.6) is 0 Å². The Hall–Kier alpha value is -1.33. The summed E-state index contributed by atoms with van der Waals surface area (Å²) in [6.07, 6.45) is 1.26. The molecule has 0 aliphatic heterocycles. The van der Waals surface area contributed by atoms with E-state index in [1.54, 1.807) is 0 Å². The third-order valence-corrected chi connectivity index (χ3v) is 3.05. The van der Waals surface area contributed by atoms with Crippen LogP contribution in [-0.2, 0) is 0 Å². The van der Waals surface area contributed by atoms with Gasteiger partial charge >= 0.3 is 0 Å². The molecule has 1 aromatic rings. The second kappa shape index (κ2) is 4.46. The van der Waals surface area contributed by atoms with Crippen molar-refractivity contribution in [2.45, 2.75) is 25.3 Å². The van der Waals surface area contributed by atoms with Crippen molar-refractivity contribution in [1.29, 1.82) is 5.26 Å². The average Bonchev–Trinajstić information content (AvgIpc) is 2.97. The van der Waals surface area contributed by atoms with Gasteiger partial charge < -0.3 is 5.32 Å². The maximum atomic E-state index is 9.09. The van der Waals surface area contributed by atoms with Gasteiger partial charge in [0.25, 0.3) is 0 Å². The van der Waals surface area contributed by atoms with Crippen molar-refractivity contribution in [3.8, 4) is 6.07 Å². The van der Waals surface area contributed by atoms with E-state index in [2.05, 4.69) is 18.3 Å². The van der Waals surface area contributed by atoms with Crippen LogP contribution in [0, 0.1) is 17.2 Å². The highest BCUT2D eigenvalue weighted by Crippen LogP contribution is 2.29. The van der Waals surface area contributed by atoms with Gasteiger partial charge in [0.2, 0.25) is 0 Å². The molecule has 1 aliphatic rings. The molecule has 78 valence electrons. The Morgan fingerprint density at radius 2 is 2.13 bits per heavy atom. The first kappa shape index (κ1) is 10.2. The Morgan fingerprint density at radius 3 is 2.67 bits per heavy atom. The van der Waals surface area contributed by atoms with Crippen LogP contribution in [0.3, 0.4) is 0 Å².